The average Bonchev–Trinajstić information content (AvgIpc) is 2.67. The zero-order valence-electron chi connectivity index (χ0n) is 13.8. The summed E-state index contributed by atoms with van der Waals surface area (Å²) in [4.78, 5) is 6.99. The molecule has 2 heterocycles. The Kier molecular flexibility index (Phi) is 4.48. The number of para-hydroxylation sites is 1. The lowest BCUT2D eigenvalue weighted by Crippen LogP contribution is -2.36. The lowest BCUT2D eigenvalue weighted by Gasteiger charge is -2.28. The number of halogens is 1. The van der Waals surface area contributed by atoms with Gasteiger partial charge in [-0.25, -0.2) is 9.37 Å². The molecular formula is C20H19FN2O2. The minimum Gasteiger partial charge on any atom is -0.487 e. The molecule has 1 fully saturated rings. The highest BCUT2D eigenvalue weighted by atomic mass is 19.1. The molecule has 0 radical (unpaired) electrons. The fraction of sp³-hybridized carbons (Fsp3) is 0.250. The van der Waals surface area contributed by atoms with Crippen LogP contribution in [0.15, 0.2) is 54.6 Å². The summed E-state index contributed by atoms with van der Waals surface area (Å²) in [6.07, 6.45) is 0. The number of fused-ring (bicyclic) bond motifs is 1. The molecule has 0 atom stereocenters. The van der Waals surface area contributed by atoms with E-state index in [1.807, 2.05) is 30.3 Å². The van der Waals surface area contributed by atoms with Gasteiger partial charge in [-0.3, -0.25) is 0 Å². The van der Waals surface area contributed by atoms with E-state index >= 15 is 0 Å². The maximum atomic E-state index is 13.8. The monoisotopic (exact) mass is 338 g/mol. The van der Waals surface area contributed by atoms with Gasteiger partial charge in [0.15, 0.2) is 0 Å². The maximum absolute atomic E-state index is 13.8. The third-order valence-electron chi connectivity index (χ3n) is 4.34. The van der Waals surface area contributed by atoms with Gasteiger partial charge in [-0.15, -0.1) is 0 Å². The molecule has 128 valence electrons. The molecule has 1 aromatic heterocycles. The largest absolute Gasteiger partial charge is 0.487 e. The number of hydrogen-bond donors (Lipinski definition) is 0. The second-order valence-corrected chi connectivity index (χ2v) is 5.98. The van der Waals surface area contributed by atoms with Crippen molar-refractivity contribution in [3.63, 3.8) is 0 Å². The maximum Gasteiger partial charge on any atom is 0.146 e. The molecule has 1 aliphatic rings. The van der Waals surface area contributed by atoms with Crippen molar-refractivity contribution in [2.24, 2.45) is 0 Å². The quantitative estimate of drug-likeness (QED) is 0.725. The van der Waals surface area contributed by atoms with Gasteiger partial charge in [0.1, 0.15) is 29.5 Å². The standard InChI is InChI=1S/C20H19FN2O2/c21-17-6-2-1-4-16(17)14-25-18-7-3-5-15-8-9-19(22-20(15)18)23-10-12-24-13-11-23/h1-9H,10-14H2. The average molecular weight is 338 g/mol. The Bertz CT molecular complexity index is 878. The number of benzene rings is 2. The van der Waals surface area contributed by atoms with E-state index in [1.165, 1.54) is 6.07 Å². The molecule has 1 saturated heterocycles. The zero-order valence-corrected chi connectivity index (χ0v) is 13.8. The Labute approximate surface area is 145 Å². The summed E-state index contributed by atoms with van der Waals surface area (Å²) < 4.78 is 25.1. The number of rotatable bonds is 4. The molecule has 4 rings (SSSR count). The smallest absolute Gasteiger partial charge is 0.146 e. The Morgan fingerprint density at radius 3 is 2.68 bits per heavy atom. The summed E-state index contributed by atoms with van der Waals surface area (Å²) in [6, 6.07) is 16.5. The van der Waals surface area contributed by atoms with Crippen LogP contribution in [-0.2, 0) is 11.3 Å². The van der Waals surface area contributed by atoms with Crippen LogP contribution in [0.3, 0.4) is 0 Å². The van der Waals surface area contributed by atoms with Crippen LogP contribution < -0.4 is 9.64 Å². The Morgan fingerprint density at radius 2 is 1.84 bits per heavy atom. The van der Waals surface area contributed by atoms with Gasteiger partial charge < -0.3 is 14.4 Å². The van der Waals surface area contributed by atoms with Crippen LogP contribution in [-0.4, -0.2) is 31.3 Å². The van der Waals surface area contributed by atoms with E-state index in [9.17, 15) is 4.39 Å². The van der Waals surface area contributed by atoms with Gasteiger partial charge in [0.05, 0.1) is 13.2 Å². The predicted molar refractivity (Wildman–Crippen MR) is 95.5 cm³/mol. The summed E-state index contributed by atoms with van der Waals surface area (Å²) in [5, 5.41) is 1.00. The fourth-order valence-corrected chi connectivity index (χ4v) is 2.97. The summed E-state index contributed by atoms with van der Waals surface area (Å²) in [5.74, 6) is 1.32. The van der Waals surface area contributed by atoms with Gasteiger partial charge in [0, 0.05) is 24.0 Å². The number of aromatic nitrogens is 1. The summed E-state index contributed by atoms with van der Waals surface area (Å²) in [6.45, 7) is 3.26. The van der Waals surface area contributed by atoms with E-state index in [1.54, 1.807) is 18.2 Å². The van der Waals surface area contributed by atoms with Crippen molar-refractivity contribution in [2.75, 3.05) is 31.2 Å². The number of ether oxygens (including phenoxy) is 2. The number of nitrogens with zero attached hydrogens (tertiary/aromatic N) is 2. The fourth-order valence-electron chi connectivity index (χ4n) is 2.97. The van der Waals surface area contributed by atoms with Gasteiger partial charge in [-0.05, 0) is 24.3 Å². The van der Waals surface area contributed by atoms with Gasteiger partial charge in [0.25, 0.3) is 0 Å². The van der Waals surface area contributed by atoms with Crippen LogP contribution in [0.25, 0.3) is 10.9 Å². The number of hydrogen-bond acceptors (Lipinski definition) is 4. The van der Waals surface area contributed by atoms with E-state index in [2.05, 4.69) is 4.90 Å². The number of pyridine rings is 1. The minimum atomic E-state index is -0.260. The van der Waals surface area contributed by atoms with Crippen LogP contribution in [0.2, 0.25) is 0 Å². The molecule has 0 saturated carbocycles. The second-order valence-electron chi connectivity index (χ2n) is 5.98. The highest BCUT2D eigenvalue weighted by molar-refractivity contribution is 5.86. The van der Waals surface area contributed by atoms with Crippen molar-refractivity contribution >= 4 is 16.7 Å². The lowest BCUT2D eigenvalue weighted by atomic mass is 10.2. The van der Waals surface area contributed by atoms with Crippen LogP contribution in [0, 0.1) is 5.82 Å². The first-order chi connectivity index (χ1) is 12.3. The van der Waals surface area contributed by atoms with Gasteiger partial charge in [-0.1, -0.05) is 30.3 Å². The summed E-state index contributed by atoms with van der Waals surface area (Å²) in [5.41, 5.74) is 1.33. The Balaban J connectivity index is 1.62. The number of anilines is 1. The second kappa shape index (κ2) is 7.07. The predicted octanol–water partition coefficient (Wildman–Crippen LogP) is 3.79. The lowest BCUT2D eigenvalue weighted by molar-refractivity contribution is 0.122. The SMILES string of the molecule is Fc1ccccc1COc1cccc2ccc(N3CCOCC3)nc12. The van der Waals surface area contributed by atoms with Crippen LogP contribution >= 0.6 is 0 Å². The van der Waals surface area contributed by atoms with Crippen molar-refractivity contribution in [3.05, 3.63) is 66.0 Å². The van der Waals surface area contributed by atoms with Crippen molar-refractivity contribution < 1.29 is 13.9 Å². The molecule has 0 unspecified atom stereocenters. The van der Waals surface area contributed by atoms with Crippen LogP contribution in [0.1, 0.15) is 5.56 Å². The molecule has 0 bridgehead atoms. The van der Waals surface area contributed by atoms with E-state index in [0.29, 0.717) is 24.5 Å². The van der Waals surface area contributed by atoms with Gasteiger partial charge >= 0.3 is 0 Å². The molecular weight excluding hydrogens is 319 g/mol. The molecule has 0 amide bonds. The first-order valence-electron chi connectivity index (χ1n) is 8.40. The molecule has 3 aromatic rings. The first-order valence-corrected chi connectivity index (χ1v) is 8.40. The van der Waals surface area contributed by atoms with Crippen molar-refractivity contribution in [1.82, 2.24) is 4.98 Å². The molecule has 0 spiro atoms. The van der Waals surface area contributed by atoms with E-state index in [-0.39, 0.29) is 12.4 Å². The highest BCUT2D eigenvalue weighted by Crippen LogP contribution is 2.27. The normalized spacial score (nSPS) is 14.7. The van der Waals surface area contributed by atoms with E-state index < -0.39 is 0 Å². The molecule has 1 aliphatic heterocycles. The van der Waals surface area contributed by atoms with Gasteiger partial charge in [0.2, 0.25) is 0 Å². The van der Waals surface area contributed by atoms with Crippen molar-refractivity contribution in [1.29, 1.82) is 0 Å². The molecule has 0 N–H and O–H groups in total. The Morgan fingerprint density at radius 1 is 1.00 bits per heavy atom. The molecule has 0 aliphatic carbocycles. The topological polar surface area (TPSA) is 34.6 Å². The highest BCUT2D eigenvalue weighted by Gasteiger charge is 2.14. The third kappa shape index (κ3) is 3.42. The first kappa shape index (κ1) is 15.8. The molecule has 2 aromatic carbocycles. The molecule has 25 heavy (non-hydrogen) atoms. The van der Waals surface area contributed by atoms with Crippen molar-refractivity contribution in [2.45, 2.75) is 6.61 Å². The third-order valence-corrected chi connectivity index (χ3v) is 4.34. The van der Waals surface area contributed by atoms with Crippen LogP contribution in [0.5, 0.6) is 5.75 Å². The minimum absolute atomic E-state index is 0.176. The van der Waals surface area contributed by atoms with E-state index in [4.69, 9.17) is 14.5 Å². The Hall–Kier alpha value is -2.66. The summed E-state index contributed by atoms with van der Waals surface area (Å²) in [7, 11) is 0. The van der Waals surface area contributed by atoms with Crippen molar-refractivity contribution in [3.8, 4) is 5.75 Å². The molecule has 4 nitrogen and oxygen atoms in total. The van der Waals surface area contributed by atoms with Gasteiger partial charge in [-0.2, -0.15) is 0 Å². The summed E-state index contributed by atoms with van der Waals surface area (Å²) >= 11 is 0. The number of morpholine rings is 1. The zero-order chi connectivity index (χ0) is 17.1. The van der Waals surface area contributed by atoms with E-state index in [0.717, 1.165) is 29.8 Å². The van der Waals surface area contributed by atoms with Crippen LogP contribution in [0.4, 0.5) is 10.2 Å². The molecule has 5 heteroatoms.